The highest BCUT2D eigenvalue weighted by molar-refractivity contribution is 5.95. The molecule has 1 unspecified atom stereocenters. The summed E-state index contributed by atoms with van der Waals surface area (Å²) in [6, 6.07) is 18.3. The van der Waals surface area contributed by atoms with Gasteiger partial charge in [-0.05, 0) is 68.4 Å². The summed E-state index contributed by atoms with van der Waals surface area (Å²) in [7, 11) is 0. The third-order valence-electron chi connectivity index (χ3n) is 9.63. The molecule has 3 aromatic carbocycles. The van der Waals surface area contributed by atoms with Gasteiger partial charge in [0.05, 0.1) is 26.3 Å². The van der Waals surface area contributed by atoms with E-state index in [9.17, 15) is 23.8 Å². The number of β-amino-alcohol motifs (C(OH)–C–C–N with tert-alkyl or cyclic N) is 1. The van der Waals surface area contributed by atoms with Crippen molar-refractivity contribution in [3.8, 4) is 5.75 Å². The Bertz CT molecular complexity index is 1810. The summed E-state index contributed by atoms with van der Waals surface area (Å²) in [5.41, 5.74) is 0.0580. The molecule has 0 aliphatic carbocycles. The molecular formula is C36H41F2N7O6. The Labute approximate surface area is 294 Å². The van der Waals surface area contributed by atoms with Crippen LogP contribution in [0.1, 0.15) is 19.4 Å². The number of aliphatic hydroxyl groups excluding tert-OH is 1. The van der Waals surface area contributed by atoms with E-state index in [0.29, 0.717) is 11.4 Å². The summed E-state index contributed by atoms with van der Waals surface area (Å²) < 4.78 is 48.2. The van der Waals surface area contributed by atoms with E-state index in [0.717, 1.165) is 43.6 Å². The number of piperazine rings is 1. The molecule has 3 saturated heterocycles. The Morgan fingerprint density at radius 3 is 2.18 bits per heavy atom. The van der Waals surface area contributed by atoms with Gasteiger partial charge in [0.25, 0.3) is 0 Å². The Morgan fingerprint density at radius 2 is 1.61 bits per heavy atom. The maximum Gasteiger partial charge on any atom is 0.327 e. The third kappa shape index (κ3) is 6.94. The number of anilines is 3. The number of urea groups is 1. The minimum absolute atomic E-state index is 0.00514. The zero-order chi connectivity index (χ0) is 35.8. The molecule has 7 rings (SSSR count). The fourth-order valence-corrected chi connectivity index (χ4v) is 7.09. The summed E-state index contributed by atoms with van der Waals surface area (Å²) >= 11 is 0. The molecule has 3 aliphatic rings. The van der Waals surface area contributed by atoms with Crippen molar-refractivity contribution < 1.29 is 38.0 Å². The quantitative estimate of drug-likeness (QED) is 0.239. The van der Waals surface area contributed by atoms with Crippen LogP contribution in [0.2, 0.25) is 0 Å². The molecule has 4 heterocycles. The van der Waals surface area contributed by atoms with E-state index >= 15 is 0 Å². The fourth-order valence-electron chi connectivity index (χ4n) is 7.09. The monoisotopic (exact) mass is 705 g/mol. The molecule has 3 fully saturated rings. The van der Waals surface area contributed by atoms with E-state index in [1.54, 1.807) is 0 Å². The highest BCUT2D eigenvalue weighted by Crippen LogP contribution is 2.38. The third-order valence-corrected chi connectivity index (χ3v) is 9.63. The number of benzene rings is 3. The van der Waals surface area contributed by atoms with Crippen molar-refractivity contribution in [2.45, 2.75) is 44.1 Å². The van der Waals surface area contributed by atoms with Crippen LogP contribution in [-0.2, 0) is 21.6 Å². The second-order valence-corrected chi connectivity index (χ2v) is 13.3. The SMILES string of the molecule is CC(C)N1C(=O)N(c2ccc(N3CCN(c4ccc(OC[C@H]5OC[C@](Cn6cncn6)(c6ccc(F)cc6F)O5)cc4)CC3)cc2)CC1(O)CO. The normalized spacial score (nSPS) is 23.9. The van der Waals surface area contributed by atoms with E-state index in [-0.39, 0.29) is 43.9 Å². The van der Waals surface area contributed by atoms with Crippen molar-refractivity contribution in [2.24, 2.45) is 0 Å². The van der Waals surface area contributed by atoms with Crippen LogP contribution in [-0.4, -0.2) is 107 Å². The number of nitrogens with zero attached hydrogens (tertiary/aromatic N) is 7. The van der Waals surface area contributed by atoms with E-state index in [1.807, 2.05) is 62.4 Å². The fraction of sp³-hybridized carbons (Fsp3) is 0.417. The maximum absolute atomic E-state index is 14.9. The topological polar surface area (TPSA) is 129 Å². The van der Waals surface area contributed by atoms with Gasteiger partial charge in [0.15, 0.2) is 12.0 Å². The number of rotatable bonds is 11. The van der Waals surface area contributed by atoms with Crippen LogP contribution in [0.5, 0.6) is 5.75 Å². The molecule has 0 radical (unpaired) electrons. The first kappa shape index (κ1) is 34.6. The van der Waals surface area contributed by atoms with Crippen LogP contribution >= 0.6 is 0 Å². The lowest BCUT2D eigenvalue weighted by atomic mass is 9.94. The molecule has 1 aromatic heterocycles. The van der Waals surface area contributed by atoms with Gasteiger partial charge < -0.3 is 34.2 Å². The number of aliphatic hydroxyl groups is 2. The van der Waals surface area contributed by atoms with Gasteiger partial charge in [-0.2, -0.15) is 5.10 Å². The number of halogens is 2. The van der Waals surface area contributed by atoms with Gasteiger partial charge in [-0.3, -0.25) is 9.80 Å². The van der Waals surface area contributed by atoms with Crippen LogP contribution < -0.4 is 19.4 Å². The van der Waals surface area contributed by atoms with Crippen LogP contribution in [0.15, 0.2) is 79.4 Å². The summed E-state index contributed by atoms with van der Waals surface area (Å²) in [4.78, 5) is 24.4. The number of aromatic nitrogens is 3. The van der Waals surface area contributed by atoms with Crippen molar-refractivity contribution >= 4 is 23.1 Å². The van der Waals surface area contributed by atoms with Gasteiger partial charge in [0.1, 0.15) is 42.2 Å². The first-order valence-corrected chi connectivity index (χ1v) is 16.9. The number of carbonyl (C=O) groups excluding carboxylic acids is 1. The lowest BCUT2D eigenvalue weighted by Gasteiger charge is -2.37. The van der Waals surface area contributed by atoms with E-state index in [2.05, 4.69) is 19.9 Å². The standard InChI is InChI=1S/C36H41F2N7O6/c1-25(2)45-34(47)44(20-36(45,48)21-46)29-6-4-27(5-7-29)41-13-15-42(16-14-41)28-8-10-30(11-9-28)49-18-33-50-22-35(51-33,19-43-24-39-23-40-43)31-12-3-26(37)17-32(31)38/h3-12,17,23-25,33,46,48H,13-16,18-22H2,1-2H3/t33-,35+,36?/m0/s1. The molecule has 3 atom stereocenters. The van der Waals surface area contributed by atoms with Gasteiger partial charge in [0.2, 0.25) is 0 Å². The zero-order valence-electron chi connectivity index (χ0n) is 28.4. The van der Waals surface area contributed by atoms with Crippen molar-refractivity contribution in [2.75, 3.05) is 67.2 Å². The molecule has 13 nitrogen and oxygen atoms in total. The van der Waals surface area contributed by atoms with Crippen LogP contribution in [0.25, 0.3) is 0 Å². The second kappa shape index (κ2) is 14.1. The Morgan fingerprint density at radius 1 is 0.961 bits per heavy atom. The lowest BCUT2D eigenvalue weighted by Crippen LogP contribution is -2.53. The number of hydrogen-bond donors (Lipinski definition) is 2. The van der Waals surface area contributed by atoms with E-state index < -0.39 is 35.9 Å². The molecule has 270 valence electrons. The number of carbonyl (C=O) groups is 1. The molecule has 0 bridgehead atoms. The first-order valence-electron chi connectivity index (χ1n) is 16.9. The maximum atomic E-state index is 14.9. The number of hydrogen-bond acceptors (Lipinski definition) is 10. The van der Waals surface area contributed by atoms with Gasteiger partial charge in [-0.15, -0.1) is 0 Å². The lowest BCUT2D eigenvalue weighted by molar-refractivity contribution is -0.117. The molecule has 4 aromatic rings. The Kier molecular flexibility index (Phi) is 9.54. The molecule has 0 saturated carbocycles. The van der Waals surface area contributed by atoms with Crippen molar-refractivity contribution in [1.82, 2.24) is 19.7 Å². The van der Waals surface area contributed by atoms with Gasteiger partial charge >= 0.3 is 6.03 Å². The van der Waals surface area contributed by atoms with Gasteiger partial charge in [-0.1, -0.05) is 6.07 Å². The van der Waals surface area contributed by atoms with Crippen molar-refractivity contribution in [3.63, 3.8) is 0 Å². The molecule has 51 heavy (non-hydrogen) atoms. The summed E-state index contributed by atoms with van der Waals surface area (Å²) in [5.74, 6) is -0.794. The van der Waals surface area contributed by atoms with Crippen molar-refractivity contribution in [1.29, 1.82) is 0 Å². The minimum Gasteiger partial charge on any atom is -0.488 e. The first-order chi connectivity index (χ1) is 24.6. The zero-order valence-corrected chi connectivity index (χ0v) is 28.4. The smallest absolute Gasteiger partial charge is 0.327 e. The molecule has 3 aliphatic heterocycles. The summed E-state index contributed by atoms with van der Waals surface area (Å²) in [5, 5.41) is 24.8. The molecule has 2 N–H and O–H groups in total. The average molecular weight is 706 g/mol. The van der Waals surface area contributed by atoms with Gasteiger partial charge in [-0.25, -0.2) is 23.2 Å². The minimum atomic E-state index is -1.62. The van der Waals surface area contributed by atoms with Crippen LogP contribution in [0, 0.1) is 11.6 Å². The van der Waals surface area contributed by atoms with Crippen LogP contribution in [0.4, 0.5) is 30.6 Å². The van der Waals surface area contributed by atoms with Crippen molar-refractivity contribution in [3.05, 3.63) is 96.6 Å². The second-order valence-electron chi connectivity index (χ2n) is 13.3. The summed E-state index contributed by atoms with van der Waals surface area (Å²) in [6.45, 7) is 6.48. The number of amides is 2. The predicted octanol–water partition coefficient (Wildman–Crippen LogP) is 3.56. The molecule has 2 amide bonds. The largest absolute Gasteiger partial charge is 0.488 e. The van der Waals surface area contributed by atoms with E-state index in [1.165, 1.54) is 39.3 Å². The van der Waals surface area contributed by atoms with Crippen LogP contribution in [0.3, 0.4) is 0 Å². The Hall–Kier alpha value is -4.83. The van der Waals surface area contributed by atoms with E-state index in [4.69, 9.17) is 14.2 Å². The highest BCUT2D eigenvalue weighted by atomic mass is 19.1. The summed E-state index contributed by atoms with van der Waals surface area (Å²) in [6.07, 6.45) is 2.07. The average Bonchev–Trinajstić information content (AvgIpc) is 3.86. The predicted molar refractivity (Wildman–Crippen MR) is 183 cm³/mol. The highest BCUT2D eigenvalue weighted by Gasteiger charge is 2.50. The van der Waals surface area contributed by atoms with Gasteiger partial charge in [0, 0.05) is 60.9 Å². The molecule has 0 spiro atoms. The molecule has 15 heteroatoms. The molecular weight excluding hydrogens is 664 g/mol. The number of ether oxygens (including phenoxy) is 3. The Balaban J connectivity index is 0.919.